The van der Waals surface area contributed by atoms with Gasteiger partial charge in [0.2, 0.25) is 5.88 Å². The second-order valence-electron chi connectivity index (χ2n) is 6.72. The number of nitrogens with zero attached hydrogens (tertiary/aromatic N) is 3. The Kier molecular flexibility index (Phi) is 8.40. The maximum atomic E-state index is 9.10. The van der Waals surface area contributed by atoms with Crippen LogP contribution in [0.5, 0.6) is 5.88 Å². The van der Waals surface area contributed by atoms with Crippen LogP contribution >= 0.6 is 0 Å². The van der Waals surface area contributed by atoms with E-state index in [1.807, 2.05) is 0 Å². The number of piperidine rings is 1. The molecule has 0 amide bonds. The third kappa shape index (κ3) is 7.03. The number of aromatic nitrogens is 2. The van der Waals surface area contributed by atoms with E-state index in [0.29, 0.717) is 0 Å². The maximum Gasteiger partial charge on any atom is 0.414 e. The van der Waals surface area contributed by atoms with Gasteiger partial charge < -0.3 is 19.8 Å². The van der Waals surface area contributed by atoms with Gasteiger partial charge in [-0.05, 0) is 64.6 Å². The van der Waals surface area contributed by atoms with Gasteiger partial charge in [0, 0.05) is 18.3 Å². The van der Waals surface area contributed by atoms with Gasteiger partial charge in [0.05, 0.1) is 6.61 Å². The molecule has 0 radical (unpaired) electrons. The summed E-state index contributed by atoms with van der Waals surface area (Å²) >= 11 is 0. The van der Waals surface area contributed by atoms with E-state index in [0.717, 1.165) is 31.9 Å². The Bertz CT molecular complexity index is 546. The van der Waals surface area contributed by atoms with Crippen LogP contribution in [0.1, 0.15) is 50.6 Å². The van der Waals surface area contributed by atoms with Gasteiger partial charge in [0.1, 0.15) is 0 Å². The molecule has 0 unspecified atom stereocenters. The van der Waals surface area contributed by atoms with E-state index < -0.39 is 11.9 Å². The topological polar surface area (TPSA) is 105 Å². The summed E-state index contributed by atoms with van der Waals surface area (Å²) < 4.78 is 7.92. The first-order valence-electron chi connectivity index (χ1n) is 9.44. The smallest absolute Gasteiger partial charge is 0.414 e. The van der Waals surface area contributed by atoms with E-state index in [2.05, 4.69) is 20.7 Å². The molecule has 1 fully saturated rings. The fraction of sp³-hybridized carbons (Fsp3) is 0.722. The average molecular weight is 367 g/mol. The summed E-state index contributed by atoms with van der Waals surface area (Å²) in [5.74, 6) is -2.81. The van der Waals surface area contributed by atoms with Crippen LogP contribution < -0.4 is 4.74 Å². The number of ether oxygens (including phenoxy) is 1. The molecule has 1 aromatic heterocycles. The molecule has 1 saturated heterocycles. The lowest BCUT2D eigenvalue weighted by Gasteiger charge is -2.26. The highest BCUT2D eigenvalue weighted by atomic mass is 16.5. The van der Waals surface area contributed by atoms with Crippen molar-refractivity contribution in [1.82, 2.24) is 14.7 Å². The fourth-order valence-electron chi connectivity index (χ4n) is 3.26. The third-order valence-electron chi connectivity index (χ3n) is 4.64. The minimum atomic E-state index is -1.82. The van der Waals surface area contributed by atoms with Crippen molar-refractivity contribution in [3.05, 3.63) is 11.8 Å². The minimum Gasteiger partial charge on any atom is -0.477 e. The number of rotatable bonds is 6. The molecule has 3 rings (SSSR count). The lowest BCUT2D eigenvalue weighted by Crippen LogP contribution is -2.30. The molecular formula is C18H29N3O5. The number of likely N-dealkylation sites (tertiary alicyclic amines) is 1. The number of fused-ring (bicyclic) bond motifs is 1. The molecule has 8 heteroatoms. The average Bonchev–Trinajstić information content (AvgIpc) is 3.05. The standard InChI is InChI=1S/C16H27N3O.C2H2O4/c1-3-9-18(10-4-1)11-6-7-13-20-16-14-15-8-2-5-12-19(15)17-16;3-1(4)2(5)6/h14H,1-13H2;(H,3,4)(H,5,6). The van der Waals surface area contributed by atoms with E-state index >= 15 is 0 Å². The number of hydrogen-bond donors (Lipinski definition) is 2. The second kappa shape index (κ2) is 10.8. The molecule has 0 spiro atoms. The molecule has 2 N–H and O–H groups in total. The normalized spacial score (nSPS) is 16.9. The van der Waals surface area contributed by atoms with Crippen LogP contribution in [-0.4, -0.2) is 63.1 Å². The summed E-state index contributed by atoms with van der Waals surface area (Å²) in [4.78, 5) is 20.8. The fourth-order valence-corrected chi connectivity index (χ4v) is 3.26. The molecule has 8 nitrogen and oxygen atoms in total. The largest absolute Gasteiger partial charge is 0.477 e. The summed E-state index contributed by atoms with van der Waals surface area (Å²) in [7, 11) is 0. The maximum absolute atomic E-state index is 9.10. The summed E-state index contributed by atoms with van der Waals surface area (Å²) in [5, 5.41) is 19.3. The van der Waals surface area contributed by atoms with Gasteiger partial charge in [-0.15, -0.1) is 5.10 Å². The molecule has 0 saturated carbocycles. The zero-order valence-electron chi connectivity index (χ0n) is 15.2. The predicted octanol–water partition coefficient (Wildman–Crippen LogP) is 2.02. The van der Waals surface area contributed by atoms with Crippen molar-refractivity contribution >= 4 is 11.9 Å². The quantitative estimate of drug-likeness (QED) is 0.585. The zero-order valence-corrected chi connectivity index (χ0v) is 15.2. The Balaban J connectivity index is 0.000000352. The summed E-state index contributed by atoms with van der Waals surface area (Å²) in [6.07, 6.45) is 10.3. The number of unbranched alkanes of at least 4 members (excludes halogenated alkanes) is 1. The van der Waals surface area contributed by atoms with Crippen LogP contribution in [0.15, 0.2) is 6.07 Å². The van der Waals surface area contributed by atoms with Gasteiger partial charge in [0.15, 0.2) is 0 Å². The number of hydrogen-bond acceptors (Lipinski definition) is 5. The number of carboxylic acid groups (broad SMARTS) is 2. The summed E-state index contributed by atoms with van der Waals surface area (Å²) in [5.41, 5.74) is 1.35. The van der Waals surface area contributed by atoms with Crippen molar-refractivity contribution < 1.29 is 24.5 Å². The Morgan fingerprint density at radius 2 is 1.69 bits per heavy atom. The molecule has 2 aliphatic rings. The van der Waals surface area contributed by atoms with E-state index in [1.165, 1.54) is 63.9 Å². The van der Waals surface area contributed by atoms with Crippen molar-refractivity contribution in [2.45, 2.75) is 57.9 Å². The van der Waals surface area contributed by atoms with E-state index in [4.69, 9.17) is 24.5 Å². The summed E-state index contributed by atoms with van der Waals surface area (Å²) in [6.45, 7) is 5.71. The first-order valence-corrected chi connectivity index (χ1v) is 9.44. The first-order chi connectivity index (χ1) is 12.6. The van der Waals surface area contributed by atoms with Crippen LogP contribution in [-0.2, 0) is 22.6 Å². The second-order valence-corrected chi connectivity index (χ2v) is 6.72. The van der Waals surface area contributed by atoms with Gasteiger partial charge >= 0.3 is 11.9 Å². The predicted molar refractivity (Wildman–Crippen MR) is 95.5 cm³/mol. The van der Waals surface area contributed by atoms with Crippen LogP contribution in [0, 0.1) is 0 Å². The lowest BCUT2D eigenvalue weighted by atomic mass is 10.1. The van der Waals surface area contributed by atoms with Gasteiger partial charge in [-0.2, -0.15) is 0 Å². The van der Waals surface area contributed by atoms with E-state index in [9.17, 15) is 0 Å². The van der Waals surface area contributed by atoms with Crippen molar-refractivity contribution in [2.24, 2.45) is 0 Å². The molecule has 0 atom stereocenters. The number of carboxylic acids is 2. The molecular weight excluding hydrogens is 338 g/mol. The molecule has 0 aliphatic carbocycles. The van der Waals surface area contributed by atoms with Crippen LogP contribution in [0.3, 0.4) is 0 Å². The molecule has 1 aromatic rings. The monoisotopic (exact) mass is 367 g/mol. The van der Waals surface area contributed by atoms with Crippen molar-refractivity contribution in [3.63, 3.8) is 0 Å². The van der Waals surface area contributed by atoms with Gasteiger partial charge in [-0.25, -0.2) is 9.59 Å². The Hall–Kier alpha value is -2.09. The van der Waals surface area contributed by atoms with Crippen molar-refractivity contribution in [1.29, 1.82) is 0 Å². The Morgan fingerprint density at radius 1 is 1.00 bits per heavy atom. The SMILES string of the molecule is O=C(O)C(=O)O.c1c(OCCCCN2CCCCC2)nn2c1CCCC2. The van der Waals surface area contributed by atoms with Crippen molar-refractivity contribution in [2.75, 3.05) is 26.2 Å². The molecule has 26 heavy (non-hydrogen) atoms. The Labute approximate surface area is 153 Å². The molecule has 146 valence electrons. The van der Waals surface area contributed by atoms with E-state index in [-0.39, 0.29) is 0 Å². The molecule has 2 aliphatic heterocycles. The van der Waals surface area contributed by atoms with Crippen molar-refractivity contribution in [3.8, 4) is 5.88 Å². The lowest BCUT2D eigenvalue weighted by molar-refractivity contribution is -0.159. The minimum absolute atomic E-state index is 0.810. The van der Waals surface area contributed by atoms with Crippen LogP contribution in [0.4, 0.5) is 0 Å². The highest BCUT2D eigenvalue weighted by Crippen LogP contribution is 2.19. The van der Waals surface area contributed by atoms with E-state index in [1.54, 1.807) is 0 Å². The van der Waals surface area contributed by atoms with Crippen LogP contribution in [0.2, 0.25) is 0 Å². The highest BCUT2D eigenvalue weighted by molar-refractivity contribution is 6.27. The summed E-state index contributed by atoms with van der Waals surface area (Å²) in [6, 6.07) is 2.13. The van der Waals surface area contributed by atoms with Gasteiger partial charge in [-0.1, -0.05) is 6.42 Å². The highest BCUT2D eigenvalue weighted by Gasteiger charge is 2.13. The van der Waals surface area contributed by atoms with Gasteiger partial charge in [0.25, 0.3) is 0 Å². The third-order valence-corrected chi connectivity index (χ3v) is 4.64. The Morgan fingerprint density at radius 3 is 2.35 bits per heavy atom. The molecule has 0 aromatic carbocycles. The first kappa shape index (κ1) is 20.2. The number of aryl methyl sites for hydroxylation is 2. The number of aliphatic carboxylic acids is 2. The zero-order chi connectivity index (χ0) is 18.8. The van der Waals surface area contributed by atoms with Crippen LogP contribution in [0.25, 0.3) is 0 Å². The molecule has 0 bridgehead atoms. The van der Waals surface area contributed by atoms with Gasteiger partial charge in [-0.3, -0.25) is 4.68 Å². The molecule has 3 heterocycles. The number of carbonyl (C=O) groups is 2.